The molecule has 1 heterocycles. The van der Waals surface area contributed by atoms with Crippen LogP contribution in [-0.4, -0.2) is 15.4 Å². The van der Waals surface area contributed by atoms with Gasteiger partial charge in [0.1, 0.15) is 6.07 Å². The Balaban J connectivity index is 1.64. The lowest BCUT2D eigenvalue weighted by Gasteiger charge is -2.06. The van der Waals surface area contributed by atoms with Gasteiger partial charge in [-0.1, -0.05) is 11.6 Å². The molecule has 0 radical (unpaired) electrons. The van der Waals surface area contributed by atoms with Gasteiger partial charge in [0.15, 0.2) is 5.58 Å². The maximum atomic E-state index is 12.1. The first kappa shape index (κ1) is 19.1. The van der Waals surface area contributed by atoms with Crippen LogP contribution in [-0.2, 0) is 11.3 Å². The maximum Gasteiger partial charge on any atom is 0.419 e. The first-order valence-electron chi connectivity index (χ1n) is 8.16. The zero-order valence-electron chi connectivity index (χ0n) is 14.3. The molecule has 0 spiro atoms. The van der Waals surface area contributed by atoms with Crippen LogP contribution in [0.25, 0.3) is 11.1 Å². The molecule has 3 aromatic rings. The number of aryl methyl sites for hydroxylation is 1. The average molecular weight is 401 g/mol. The van der Waals surface area contributed by atoms with Crippen molar-refractivity contribution in [1.82, 2.24) is 4.57 Å². The van der Waals surface area contributed by atoms with Crippen LogP contribution in [0.2, 0.25) is 5.02 Å². The number of hydrogen-bond acceptors (Lipinski definition) is 6. The molecule has 0 fully saturated rings. The molecule has 0 unspecified atom stereocenters. The fourth-order valence-electron chi connectivity index (χ4n) is 2.69. The van der Waals surface area contributed by atoms with E-state index in [2.05, 4.69) is 5.32 Å². The van der Waals surface area contributed by atoms with Crippen molar-refractivity contribution in [3.8, 4) is 6.07 Å². The number of nitro groups is 1. The number of halogens is 1. The number of fused-ring (bicyclic) bond motifs is 1. The van der Waals surface area contributed by atoms with Crippen LogP contribution in [0.1, 0.15) is 18.4 Å². The Morgan fingerprint density at radius 1 is 1.32 bits per heavy atom. The lowest BCUT2D eigenvalue weighted by atomic mass is 10.2. The van der Waals surface area contributed by atoms with Crippen molar-refractivity contribution in [3.63, 3.8) is 0 Å². The van der Waals surface area contributed by atoms with Gasteiger partial charge < -0.3 is 9.73 Å². The predicted molar refractivity (Wildman–Crippen MR) is 101 cm³/mol. The van der Waals surface area contributed by atoms with Crippen molar-refractivity contribution in [2.24, 2.45) is 0 Å². The van der Waals surface area contributed by atoms with E-state index in [1.54, 1.807) is 6.07 Å². The number of benzene rings is 2. The van der Waals surface area contributed by atoms with Crippen LogP contribution < -0.4 is 11.1 Å². The second kappa shape index (κ2) is 7.94. The summed E-state index contributed by atoms with van der Waals surface area (Å²) in [6.45, 7) is 0.209. The van der Waals surface area contributed by atoms with E-state index >= 15 is 0 Å². The summed E-state index contributed by atoms with van der Waals surface area (Å²) in [5.41, 5.74) is 1.07. The molecular weight excluding hydrogens is 388 g/mol. The number of nitrogens with one attached hydrogen (secondary N) is 1. The van der Waals surface area contributed by atoms with Crippen LogP contribution in [0.3, 0.4) is 0 Å². The summed E-state index contributed by atoms with van der Waals surface area (Å²) in [6.07, 6.45) is 0.465. The predicted octanol–water partition coefficient (Wildman–Crippen LogP) is 3.45. The number of amides is 1. The summed E-state index contributed by atoms with van der Waals surface area (Å²) in [6, 6.07) is 10.4. The standard InChI is InChI=1S/C18H13ClN4O5/c19-14-5-3-12(8-11(14)10-20)21-17(24)2-1-7-22-15-6-4-13(23(26)27)9-16(15)28-18(22)25/h3-6,8-9H,1-2,7H2,(H,21,24). The van der Waals surface area contributed by atoms with Crippen molar-refractivity contribution >= 4 is 40.0 Å². The Hall–Kier alpha value is -3.64. The molecule has 0 saturated carbocycles. The fourth-order valence-corrected chi connectivity index (χ4v) is 2.85. The first-order valence-corrected chi connectivity index (χ1v) is 8.54. The van der Waals surface area contributed by atoms with Gasteiger partial charge in [0.2, 0.25) is 5.91 Å². The number of oxazole rings is 1. The zero-order valence-corrected chi connectivity index (χ0v) is 15.1. The Bertz CT molecular complexity index is 1170. The summed E-state index contributed by atoms with van der Waals surface area (Å²) in [5.74, 6) is -0.935. The fraction of sp³-hybridized carbons (Fsp3) is 0.167. The summed E-state index contributed by atoms with van der Waals surface area (Å²) in [5, 5.41) is 22.7. The van der Waals surface area contributed by atoms with Gasteiger partial charge >= 0.3 is 5.76 Å². The topological polar surface area (TPSA) is 131 Å². The van der Waals surface area contributed by atoms with Gasteiger partial charge in [0.25, 0.3) is 5.69 Å². The zero-order chi connectivity index (χ0) is 20.3. The van der Waals surface area contributed by atoms with E-state index < -0.39 is 10.7 Å². The summed E-state index contributed by atoms with van der Waals surface area (Å²) < 4.78 is 6.36. The average Bonchev–Trinajstić information content (AvgIpc) is 2.97. The number of aromatic nitrogens is 1. The summed E-state index contributed by atoms with van der Waals surface area (Å²) in [4.78, 5) is 34.3. The van der Waals surface area contributed by atoms with Crippen LogP contribution in [0.15, 0.2) is 45.6 Å². The monoisotopic (exact) mass is 400 g/mol. The number of nitro benzene ring substituents is 1. The highest BCUT2D eigenvalue weighted by atomic mass is 35.5. The number of non-ortho nitro benzene ring substituents is 1. The minimum absolute atomic E-state index is 0.119. The number of nitrogens with zero attached hydrogens (tertiary/aromatic N) is 3. The molecule has 1 amide bonds. The van der Waals surface area contributed by atoms with Crippen molar-refractivity contribution in [1.29, 1.82) is 5.26 Å². The molecule has 9 nitrogen and oxygen atoms in total. The van der Waals surface area contributed by atoms with Gasteiger partial charge in [-0.3, -0.25) is 19.5 Å². The highest BCUT2D eigenvalue weighted by Crippen LogP contribution is 2.21. The normalized spacial score (nSPS) is 10.6. The van der Waals surface area contributed by atoms with E-state index in [0.29, 0.717) is 22.6 Å². The van der Waals surface area contributed by atoms with Crippen LogP contribution in [0.4, 0.5) is 11.4 Å². The van der Waals surface area contributed by atoms with Crippen molar-refractivity contribution in [3.05, 3.63) is 67.6 Å². The van der Waals surface area contributed by atoms with Gasteiger partial charge in [0.05, 0.1) is 27.1 Å². The van der Waals surface area contributed by atoms with Gasteiger partial charge in [-0.05, 0) is 30.7 Å². The molecule has 0 aliphatic heterocycles. The Morgan fingerprint density at radius 2 is 2.11 bits per heavy atom. The minimum atomic E-state index is -0.646. The number of carbonyl (C=O) groups is 1. The van der Waals surface area contributed by atoms with Gasteiger partial charge in [-0.25, -0.2) is 4.79 Å². The van der Waals surface area contributed by atoms with Crippen molar-refractivity contribution < 1.29 is 14.1 Å². The number of carbonyl (C=O) groups excluding carboxylic acids is 1. The smallest absolute Gasteiger partial charge is 0.407 e. The molecule has 0 saturated heterocycles. The van der Waals surface area contributed by atoms with Crippen molar-refractivity contribution in [2.45, 2.75) is 19.4 Å². The molecular formula is C18H13ClN4O5. The van der Waals surface area contributed by atoms with E-state index in [1.807, 2.05) is 6.07 Å². The highest BCUT2D eigenvalue weighted by molar-refractivity contribution is 6.31. The maximum absolute atomic E-state index is 12.1. The Kier molecular flexibility index (Phi) is 5.42. The lowest BCUT2D eigenvalue weighted by Crippen LogP contribution is -2.17. The third kappa shape index (κ3) is 4.02. The molecule has 2 aromatic carbocycles. The number of rotatable bonds is 6. The Morgan fingerprint density at radius 3 is 2.82 bits per heavy atom. The van der Waals surface area contributed by atoms with Gasteiger partial charge in [0, 0.05) is 24.7 Å². The van der Waals surface area contributed by atoms with Crippen LogP contribution >= 0.6 is 11.6 Å². The van der Waals surface area contributed by atoms with E-state index in [-0.39, 0.29) is 35.7 Å². The molecule has 0 aliphatic rings. The second-order valence-electron chi connectivity index (χ2n) is 5.89. The molecule has 3 rings (SSSR count). The molecule has 10 heteroatoms. The first-order chi connectivity index (χ1) is 13.4. The molecule has 0 aliphatic carbocycles. The van der Waals surface area contributed by atoms with Gasteiger partial charge in [-0.2, -0.15) is 5.26 Å². The largest absolute Gasteiger partial charge is 0.419 e. The molecule has 0 bridgehead atoms. The second-order valence-corrected chi connectivity index (χ2v) is 6.29. The lowest BCUT2D eigenvalue weighted by molar-refractivity contribution is -0.384. The van der Waals surface area contributed by atoms with Crippen LogP contribution in [0.5, 0.6) is 0 Å². The number of hydrogen-bond donors (Lipinski definition) is 1. The minimum Gasteiger partial charge on any atom is -0.407 e. The highest BCUT2D eigenvalue weighted by Gasteiger charge is 2.14. The summed E-state index contributed by atoms with van der Waals surface area (Å²) >= 11 is 5.85. The summed E-state index contributed by atoms with van der Waals surface area (Å²) in [7, 11) is 0. The van der Waals surface area contributed by atoms with Gasteiger partial charge in [-0.15, -0.1) is 0 Å². The number of nitriles is 1. The van der Waals surface area contributed by atoms with E-state index in [9.17, 15) is 19.7 Å². The van der Waals surface area contributed by atoms with E-state index in [1.165, 1.54) is 34.9 Å². The Labute approximate surface area is 162 Å². The third-order valence-electron chi connectivity index (χ3n) is 4.02. The third-order valence-corrected chi connectivity index (χ3v) is 4.35. The molecule has 142 valence electrons. The SMILES string of the molecule is N#Cc1cc(NC(=O)CCCn2c(=O)oc3cc([N+](=O)[O-])ccc32)ccc1Cl. The molecule has 0 atom stereocenters. The van der Waals surface area contributed by atoms with Crippen LogP contribution in [0, 0.1) is 21.4 Å². The van der Waals surface area contributed by atoms with Crippen molar-refractivity contribution in [2.75, 3.05) is 5.32 Å². The molecule has 28 heavy (non-hydrogen) atoms. The molecule has 1 aromatic heterocycles. The quantitative estimate of drug-likeness (QED) is 0.498. The van der Waals surface area contributed by atoms with E-state index in [0.717, 1.165) is 0 Å². The van der Waals surface area contributed by atoms with E-state index in [4.69, 9.17) is 21.3 Å². The molecule has 1 N–H and O–H groups in total. The number of anilines is 1.